The lowest BCUT2D eigenvalue weighted by atomic mass is 10.00. The molecule has 1 saturated carbocycles. The van der Waals surface area contributed by atoms with Gasteiger partial charge < -0.3 is 14.6 Å². The third kappa shape index (κ3) is 4.00. The van der Waals surface area contributed by atoms with Crippen molar-refractivity contribution in [1.82, 2.24) is 0 Å². The average Bonchev–Trinajstić information content (AvgIpc) is 3.22. The number of methoxy groups -OCH3 is 1. The first-order chi connectivity index (χ1) is 8.83. The Labute approximate surface area is 109 Å². The average molecular weight is 250 g/mol. The lowest BCUT2D eigenvalue weighted by molar-refractivity contribution is 0.0667. The second-order valence-electron chi connectivity index (χ2n) is 5.05. The van der Waals surface area contributed by atoms with E-state index in [1.54, 1.807) is 7.11 Å². The van der Waals surface area contributed by atoms with E-state index in [9.17, 15) is 5.11 Å². The molecule has 0 bridgehead atoms. The van der Waals surface area contributed by atoms with Crippen molar-refractivity contribution in [3.8, 4) is 5.75 Å². The third-order valence-electron chi connectivity index (χ3n) is 3.36. The van der Waals surface area contributed by atoms with Crippen LogP contribution in [0, 0.1) is 11.8 Å². The third-order valence-corrected chi connectivity index (χ3v) is 3.36. The van der Waals surface area contributed by atoms with Gasteiger partial charge in [0.15, 0.2) is 0 Å². The first-order valence-electron chi connectivity index (χ1n) is 6.64. The standard InChI is InChI=1S/C15H22O3/c1-17-15-5-3-2-4-14(15)8-13(9-16)11-18-10-12-6-7-12/h2-5,12-13,16H,6-11H2,1H3. The molecular weight excluding hydrogens is 228 g/mol. The molecule has 1 atom stereocenters. The molecule has 0 amide bonds. The molecule has 0 heterocycles. The van der Waals surface area contributed by atoms with Crippen molar-refractivity contribution in [3.05, 3.63) is 29.8 Å². The first-order valence-corrected chi connectivity index (χ1v) is 6.64. The number of hydrogen-bond donors (Lipinski definition) is 1. The van der Waals surface area contributed by atoms with E-state index in [1.165, 1.54) is 12.8 Å². The topological polar surface area (TPSA) is 38.7 Å². The molecule has 1 unspecified atom stereocenters. The van der Waals surface area contributed by atoms with E-state index in [0.717, 1.165) is 30.3 Å². The lowest BCUT2D eigenvalue weighted by Gasteiger charge is -2.16. The van der Waals surface area contributed by atoms with Gasteiger partial charge >= 0.3 is 0 Å². The highest BCUT2D eigenvalue weighted by atomic mass is 16.5. The van der Waals surface area contributed by atoms with Crippen LogP contribution in [0.3, 0.4) is 0 Å². The number of para-hydroxylation sites is 1. The fraction of sp³-hybridized carbons (Fsp3) is 0.600. The number of rotatable bonds is 8. The van der Waals surface area contributed by atoms with Crippen molar-refractivity contribution in [2.75, 3.05) is 26.9 Å². The van der Waals surface area contributed by atoms with Gasteiger partial charge in [-0.05, 0) is 36.8 Å². The van der Waals surface area contributed by atoms with Gasteiger partial charge in [-0.25, -0.2) is 0 Å². The zero-order valence-electron chi connectivity index (χ0n) is 11.0. The molecule has 0 spiro atoms. The summed E-state index contributed by atoms with van der Waals surface area (Å²) in [6.07, 6.45) is 3.40. The fourth-order valence-electron chi connectivity index (χ4n) is 2.04. The van der Waals surface area contributed by atoms with Gasteiger partial charge in [-0.15, -0.1) is 0 Å². The summed E-state index contributed by atoms with van der Waals surface area (Å²) in [4.78, 5) is 0. The van der Waals surface area contributed by atoms with Gasteiger partial charge in [-0.1, -0.05) is 18.2 Å². The van der Waals surface area contributed by atoms with Crippen molar-refractivity contribution < 1.29 is 14.6 Å². The van der Waals surface area contributed by atoms with Gasteiger partial charge in [0.2, 0.25) is 0 Å². The summed E-state index contributed by atoms with van der Waals surface area (Å²) in [5.74, 6) is 1.81. The molecule has 3 nitrogen and oxygen atoms in total. The summed E-state index contributed by atoms with van der Waals surface area (Å²) in [5.41, 5.74) is 1.13. The molecule has 3 heteroatoms. The molecule has 100 valence electrons. The molecule has 2 rings (SSSR count). The Morgan fingerprint density at radius 2 is 2.11 bits per heavy atom. The molecular formula is C15H22O3. The number of aliphatic hydroxyl groups is 1. The first kappa shape index (κ1) is 13.4. The minimum absolute atomic E-state index is 0.153. The maximum atomic E-state index is 9.41. The van der Waals surface area contributed by atoms with Gasteiger partial charge in [-0.3, -0.25) is 0 Å². The Kier molecular flexibility index (Phi) is 5.02. The largest absolute Gasteiger partial charge is 0.496 e. The lowest BCUT2D eigenvalue weighted by Crippen LogP contribution is -2.18. The predicted molar refractivity (Wildman–Crippen MR) is 70.8 cm³/mol. The maximum absolute atomic E-state index is 9.41. The van der Waals surface area contributed by atoms with Crippen LogP contribution in [0.5, 0.6) is 5.75 Å². The smallest absolute Gasteiger partial charge is 0.122 e. The van der Waals surface area contributed by atoms with Gasteiger partial charge in [-0.2, -0.15) is 0 Å². The normalized spacial score (nSPS) is 16.6. The molecule has 1 aromatic rings. The zero-order chi connectivity index (χ0) is 12.8. The van der Waals surface area contributed by atoms with Crippen molar-refractivity contribution in [2.24, 2.45) is 11.8 Å². The van der Waals surface area contributed by atoms with Crippen LogP contribution < -0.4 is 4.74 Å². The molecule has 1 aliphatic carbocycles. The van der Waals surface area contributed by atoms with Crippen LogP contribution in [-0.2, 0) is 11.2 Å². The summed E-state index contributed by atoms with van der Waals surface area (Å²) in [6.45, 7) is 1.64. The van der Waals surface area contributed by atoms with E-state index in [0.29, 0.717) is 6.61 Å². The van der Waals surface area contributed by atoms with Crippen LogP contribution in [0.4, 0.5) is 0 Å². The minimum Gasteiger partial charge on any atom is -0.496 e. The van der Waals surface area contributed by atoms with Gasteiger partial charge in [0.1, 0.15) is 5.75 Å². The van der Waals surface area contributed by atoms with Gasteiger partial charge in [0.05, 0.1) is 13.7 Å². The Morgan fingerprint density at radius 3 is 2.78 bits per heavy atom. The second kappa shape index (κ2) is 6.76. The fourth-order valence-corrected chi connectivity index (χ4v) is 2.04. The van der Waals surface area contributed by atoms with E-state index < -0.39 is 0 Å². The molecule has 1 aliphatic rings. The Morgan fingerprint density at radius 1 is 1.33 bits per heavy atom. The molecule has 18 heavy (non-hydrogen) atoms. The number of hydrogen-bond acceptors (Lipinski definition) is 3. The van der Waals surface area contributed by atoms with E-state index in [2.05, 4.69) is 0 Å². The predicted octanol–water partition coefficient (Wildman–Crippen LogP) is 2.27. The van der Waals surface area contributed by atoms with E-state index in [1.807, 2.05) is 24.3 Å². The van der Waals surface area contributed by atoms with Crippen molar-refractivity contribution in [3.63, 3.8) is 0 Å². The number of ether oxygens (including phenoxy) is 2. The zero-order valence-corrected chi connectivity index (χ0v) is 11.0. The molecule has 0 saturated heterocycles. The van der Waals surface area contributed by atoms with Crippen LogP contribution in [0.2, 0.25) is 0 Å². The molecule has 1 aromatic carbocycles. The Hall–Kier alpha value is -1.06. The number of aliphatic hydroxyl groups excluding tert-OH is 1. The maximum Gasteiger partial charge on any atom is 0.122 e. The molecule has 1 N–H and O–H groups in total. The minimum atomic E-state index is 0.153. The molecule has 0 aliphatic heterocycles. The van der Waals surface area contributed by atoms with Crippen LogP contribution in [0.1, 0.15) is 18.4 Å². The number of benzene rings is 1. The molecule has 0 aromatic heterocycles. The Bertz CT molecular complexity index is 361. The van der Waals surface area contributed by atoms with Crippen LogP contribution in [-0.4, -0.2) is 32.0 Å². The van der Waals surface area contributed by atoms with E-state index in [4.69, 9.17) is 9.47 Å². The summed E-state index contributed by atoms with van der Waals surface area (Å²) in [7, 11) is 1.68. The Balaban J connectivity index is 1.83. The van der Waals surface area contributed by atoms with E-state index >= 15 is 0 Å². The summed E-state index contributed by atoms with van der Waals surface area (Å²) >= 11 is 0. The highest BCUT2D eigenvalue weighted by molar-refractivity contribution is 5.33. The highest BCUT2D eigenvalue weighted by Gasteiger charge is 2.22. The second-order valence-corrected chi connectivity index (χ2v) is 5.05. The van der Waals surface area contributed by atoms with Crippen LogP contribution >= 0.6 is 0 Å². The monoisotopic (exact) mass is 250 g/mol. The quantitative estimate of drug-likeness (QED) is 0.769. The summed E-state index contributed by atoms with van der Waals surface area (Å²) in [6, 6.07) is 7.95. The van der Waals surface area contributed by atoms with Crippen molar-refractivity contribution in [1.29, 1.82) is 0 Å². The molecule has 0 radical (unpaired) electrons. The SMILES string of the molecule is COc1ccccc1CC(CO)COCC1CC1. The highest BCUT2D eigenvalue weighted by Crippen LogP contribution is 2.29. The van der Waals surface area contributed by atoms with Gasteiger partial charge in [0, 0.05) is 19.1 Å². The molecule has 1 fully saturated rings. The summed E-state index contributed by atoms with van der Waals surface area (Å²) < 4.78 is 11.0. The van der Waals surface area contributed by atoms with Crippen LogP contribution in [0.25, 0.3) is 0 Å². The van der Waals surface area contributed by atoms with Crippen molar-refractivity contribution >= 4 is 0 Å². The van der Waals surface area contributed by atoms with E-state index in [-0.39, 0.29) is 12.5 Å². The van der Waals surface area contributed by atoms with Crippen molar-refractivity contribution in [2.45, 2.75) is 19.3 Å². The van der Waals surface area contributed by atoms with Crippen LogP contribution in [0.15, 0.2) is 24.3 Å². The van der Waals surface area contributed by atoms with Gasteiger partial charge in [0.25, 0.3) is 0 Å². The summed E-state index contributed by atoms with van der Waals surface area (Å²) in [5, 5.41) is 9.41.